The molecule has 78 valence electrons. The number of aryl methyl sites for hydroxylation is 1. The summed E-state index contributed by atoms with van der Waals surface area (Å²) in [5.41, 5.74) is 0.350. The van der Waals surface area contributed by atoms with Crippen LogP contribution in [0.4, 0.5) is 0 Å². The molecule has 0 radical (unpaired) electrons. The molecule has 0 aliphatic heterocycles. The summed E-state index contributed by atoms with van der Waals surface area (Å²) in [4.78, 5) is 22.8. The van der Waals surface area contributed by atoms with Gasteiger partial charge in [0.25, 0.3) is 5.56 Å². The lowest BCUT2D eigenvalue weighted by atomic mass is 10.2. The Morgan fingerprint density at radius 2 is 1.86 bits per heavy atom. The van der Waals surface area contributed by atoms with E-state index in [9.17, 15) is 9.59 Å². The molecule has 1 aromatic heterocycles. The summed E-state index contributed by atoms with van der Waals surface area (Å²) in [6.07, 6.45) is 2.85. The van der Waals surface area contributed by atoms with Gasteiger partial charge >= 0.3 is 5.69 Å². The quantitative estimate of drug-likeness (QED) is 0.703. The van der Waals surface area contributed by atoms with E-state index in [4.69, 9.17) is 0 Å². The fourth-order valence-corrected chi connectivity index (χ4v) is 1.38. The molecule has 0 spiro atoms. The zero-order valence-electron chi connectivity index (χ0n) is 8.91. The van der Waals surface area contributed by atoms with Gasteiger partial charge in [0.2, 0.25) is 0 Å². The smallest absolute Gasteiger partial charge is 0.301 e. The van der Waals surface area contributed by atoms with Crippen LogP contribution in [-0.4, -0.2) is 9.13 Å². The lowest BCUT2D eigenvalue weighted by Gasteiger charge is -2.08. The molecule has 0 atom stereocenters. The molecule has 0 fully saturated rings. The van der Waals surface area contributed by atoms with Crippen LogP contribution in [0, 0.1) is 0 Å². The Bertz CT molecular complexity index is 429. The van der Waals surface area contributed by atoms with Crippen molar-refractivity contribution in [3.05, 3.63) is 32.6 Å². The summed E-state index contributed by atoms with van der Waals surface area (Å²) in [5, 5.41) is 0. The van der Waals surface area contributed by atoms with Crippen LogP contribution < -0.4 is 11.2 Å². The molecule has 0 unspecified atom stereocenters. The van der Waals surface area contributed by atoms with E-state index in [0.29, 0.717) is 0 Å². The van der Waals surface area contributed by atoms with Crippen molar-refractivity contribution in [1.29, 1.82) is 0 Å². The third-order valence-corrected chi connectivity index (χ3v) is 2.41. The molecule has 1 rings (SSSR count). The highest BCUT2D eigenvalue weighted by atomic mass is 16.2. The summed E-state index contributed by atoms with van der Waals surface area (Å²) in [5.74, 6) is 0. The maximum atomic E-state index is 11.5. The van der Waals surface area contributed by atoms with Crippen LogP contribution in [0.3, 0.4) is 0 Å². The first-order valence-corrected chi connectivity index (χ1v) is 4.84. The maximum Gasteiger partial charge on any atom is 0.330 e. The first-order chi connectivity index (χ1) is 6.57. The van der Waals surface area contributed by atoms with E-state index in [1.54, 1.807) is 7.05 Å². The van der Waals surface area contributed by atoms with Gasteiger partial charge in [-0.3, -0.25) is 9.36 Å². The Morgan fingerprint density at radius 1 is 1.21 bits per heavy atom. The Hall–Kier alpha value is -1.32. The van der Waals surface area contributed by atoms with Gasteiger partial charge in [0.15, 0.2) is 0 Å². The monoisotopic (exact) mass is 196 g/mol. The van der Waals surface area contributed by atoms with E-state index in [-0.39, 0.29) is 11.2 Å². The minimum Gasteiger partial charge on any atom is -0.301 e. The highest BCUT2D eigenvalue weighted by Crippen LogP contribution is 1.98. The number of hydrogen-bond donors (Lipinski definition) is 0. The minimum absolute atomic E-state index is 0.223. The molecule has 1 heterocycles. The molecule has 0 saturated carbocycles. The summed E-state index contributed by atoms with van der Waals surface area (Å²) >= 11 is 0. The largest absolute Gasteiger partial charge is 0.330 e. The van der Waals surface area contributed by atoms with E-state index in [1.165, 1.54) is 17.7 Å². The zero-order chi connectivity index (χ0) is 10.7. The minimum atomic E-state index is -0.247. The van der Waals surface area contributed by atoms with Crippen molar-refractivity contribution in [3.8, 4) is 0 Å². The van der Waals surface area contributed by atoms with Crippen LogP contribution in [0.25, 0.3) is 0 Å². The van der Waals surface area contributed by atoms with E-state index in [2.05, 4.69) is 6.92 Å². The van der Waals surface area contributed by atoms with E-state index in [0.717, 1.165) is 29.5 Å². The second-order valence-electron chi connectivity index (χ2n) is 3.48. The second-order valence-corrected chi connectivity index (χ2v) is 3.48. The van der Waals surface area contributed by atoms with Crippen LogP contribution in [0.2, 0.25) is 0 Å². The van der Waals surface area contributed by atoms with Crippen LogP contribution in [0.1, 0.15) is 25.5 Å². The topological polar surface area (TPSA) is 44.0 Å². The SMILES string of the molecule is CCCCc1cc(=O)n(C)c(=O)n1C. The molecule has 0 aliphatic carbocycles. The molecule has 4 heteroatoms. The van der Waals surface area contributed by atoms with Gasteiger partial charge in [-0.15, -0.1) is 0 Å². The molecule has 0 N–H and O–H groups in total. The molecule has 0 bridgehead atoms. The van der Waals surface area contributed by atoms with Crippen LogP contribution in [0.15, 0.2) is 15.7 Å². The fraction of sp³-hybridized carbons (Fsp3) is 0.600. The van der Waals surface area contributed by atoms with Gasteiger partial charge in [-0.1, -0.05) is 13.3 Å². The molecule has 4 nitrogen and oxygen atoms in total. The van der Waals surface area contributed by atoms with Gasteiger partial charge in [-0.25, -0.2) is 4.79 Å². The summed E-state index contributed by atoms with van der Waals surface area (Å²) < 4.78 is 2.66. The van der Waals surface area contributed by atoms with Gasteiger partial charge in [0.1, 0.15) is 0 Å². The first kappa shape index (κ1) is 10.8. The highest BCUT2D eigenvalue weighted by molar-refractivity contribution is 5.02. The van der Waals surface area contributed by atoms with Gasteiger partial charge < -0.3 is 4.57 Å². The molecule has 14 heavy (non-hydrogen) atoms. The lowest BCUT2D eigenvalue weighted by molar-refractivity contribution is 0.632. The number of rotatable bonds is 3. The third-order valence-electron chi connectivity index (χ3n) is 2.41. The Labute approximate surface area is 82.8 Å². The number of aromatic nitrogens is 2. The molecular formula is C10H16N2O2. The fourth-order valence-electron chi connectivity index (χ4n) is 1.38. The summed E-state index contributed by atoms with van der Waals surface area (Å²) in [6.45, 7) is 2.08. The number of hydrogen-bond acceptors (Lipinski definition) is 2. The Kier molecular flexibility index (Phi) is 3.28. The van der Waals surface area contributed by atoms with Crippen molar-refractivity contribution >= 4 is 0 Å². The predicted octanol–water partition coefficient (Wildman–Crippen LogP) is 0.427. The Morgan fingerprint density at radius 3 is 2.43 bits per heavy atom. The lowest BCUT2D eigenvalue weighted by Crippen LogP contribution is -2.38. The summed E-state index contributed by atoms with van der Waals surface area (Å²) in [6, 6.07) is 1.54. The highest BCUT2D eigenvalue weighted by Gasteiger charge is 2.04. The van der Waals surface area contributed by atoms with Gasteiger partial charge in [0, 0.05) is 25.9 Å². The van der Waals surface area contributed by atoms with Crippen LogP contribution in [-0.2, 0) is 20.5 Å². The van der Waals surface area contributed by atoms with Crippen molar-refractivity contribution in [3.63, 3.8) is 0 Å². The van der Waals surface area contributed by atoms with Crippen molar-refractivity contribution in [1.82, 2.24) is 9.13 Å². The van der Waals surface area contributed by atoms with Gasteiger partial charge in [-0.2, -0.15) is 0 Å². The molecule has 1 aromatic rings. The maximum absolute atomic E-state index is 11.5. The van der Waals surface area contributed by atoms with Crippen molar-refractivity contribution in [2.45, 2.75) is 26.2 Å². The van der Waals surface area contributed by atoms with Crippen molar-refractivity contribution < 1.29 is 0 Å². The standard InChI is InChI=1S/C10H16N2O2/c1-4-5-6-8-7-9(13)12(3)10(14)11(8)2/h7H,4-6H2,1-3H3. The molecule has 0 saturated heterocycles. The third kappa shape index (κ3) is 1.95. The number of unbranched alkanes of at least 4 members (excludes halogenated alkanes) is 1. The normalized spacial score (nSPS) is 10.5. The molecule has 0 aromatic carbocycles. The van der Waals surface area contributed by atoms with Gasteiger partial charge in [-0.05, 0) is 12.8 Å². The zero-order valence-corrected chi connectivity index (χ0v) is 8.91. The summed E-state index contributed by atoms with van der Waals surface area (Å²) in [7, 11) is 3.20. The Balaban J connectivity index is 3.20. The van der Waals surface area contributed by atoms with Crippen molar-refractivity contribution in [2.24, 2.45) is 14.1 Å². The van der Waals surface area contributed by atoms with Crippen LogP contribution >= 0.6 is 0 Å². The molecule has 0 amide bonds. The van der Waals surface area contributed by atoms with Crippen molar-refractivity contribution in [2.75, 3.05) is 0 Å². The average Bonchev–Trinajstić information content (AvgIpc) is 2.18. The average molecular weight is 196 g/mol. The molecular weight excluding hydrogens is 180 g/mol. The van der Waals surface area contributed by atoms with E-state index < -0.39 is 0 Å². The van der Waals surface area contributed by atoms with Crippen LogP contribution in [0.5, 0.6) is 0 Å². The van der Waals surface area contributed by atoms with E-state index in [1.807, 2.05) is 0 Å². The first-order valence-electron chi connectivity index (χ1n) is 4.84. The number of nitrogens with zero attached hydrogens (tertiary/aromatic N) is 2. The molecule has 0 aliphatic rings. The van der Waals surface area contributed by atoms with Gasteiger partial charge in [0.05, 0.1) is 0 Å². The van der Waals surface area contributed by atoms with E-state index >= 15 is 0 Å². The predicted molar refractivity (Wildman–Crippen MR) is 55.5 cm³/mol. The second kappa shape index (κ2) is 4.26.